The standard InChI is InChI=1S/C30H24N2O/c1-2-8-22(9-3-1)31-14-16-32(17-15-31)23-12-13-26-28(20-23)29-24-10-5-4-7-21(24)19-27(29)25-11-6-18-33-30(25)26/h1-13,18-20H,14-17H2. The molecule has 0 bridgehead atoms. The van der Waals surface area contributed by atoms with E-state index in [0.717, 1.165) is 31.8 Å². The van der Waals surface area contributed by atoms with Crippen LogP contribution in [0.25, 0.3) is 43.3 Å². The van der Waals surface area contributed by atoms with Crippen molar-refractivity contribution < 1.29 is 4.42 Å². The molecule has 0 spiro atoms. The van der Waals surface area contributed by atoms with Crippen LogP contribution in [0.4, 0.5) is 11.4 Å². The van der Waals surface area contributed by atoms with Gasteiger partial charge in [0.2, 0.25) is 0 Å². The van der Waals surface area contributed by atoms with Crippen molar-refractivity contribution in [3.8, 4) is 0 Å². The zero-order valence-electron chi connectivity index (χ0n) is 18.4. The van der Waals surface area contributed by atoms with E-state index in [9.17, 15) is 0 Å². The van der Waals surface area contributed by atoms with Crippen molar-refractivity contribution in [2.24, 2.45) is 0 Å². The molecule has 33 heavy (non-hydrogen) atoms. The Balaban J connectivity index is 1.37. The highest BCUT2D eigenvalue weighted by molar-refractivity contribution is 6.32. The Morgan fingerprint density at radius 2 is 1.18 bits per heavy atom. The first-order chi connectivity index (χ1) is 16.4. The fourth-order valence-corrected chi connectivity index (χ4v) is 5.52. The van der Waals surface area contributed by atoms with Crippen molar-refractivity contribution in [2.75, 3.05) is 36.0 Å². The van der Waals surface area contributed by atoms with E-state index in [0.29, 0.717) is 0 Å². The highest BCUT2D eigenvalue weighted by Crippen LogP contribution is 2.41. The topological polar surface area (TPSA) is 19.6 Å². The number of anilines is 2. The Kier molecular flexibility index (Phi) is 4.10. The lowest BCUT2D eigenvalue weighted by Gasteiger charge is -2.37. The predicted molar refractivity (Wildman–Crippen MR) is 140 cm³/mol. The molecule has 1 saturated heterocycles. The summed E-state index contributed by atoms with van der Waals surface area (Å²) in [5, 5.41) is 8.84. The molecule has 7 rings (SSSR count). The summed E-state index contributed by atoms with van der Waals surface area (Å²) in [6, 6.07) is 32.8. The van der Waals surface area contributed by atoms with Gasteiger partial charge in [-0.3, -0.25) is 0 Å². The van der Waals surface area contributed by atoms with Gasteiger partial charge in [-0.2, -0.15) is 0 Å². The minimum Gasteiger partial charge on any atom is -0.464 e. The molecular formula is C30H24N2O. The van der Waals surface area contributed by atoms with E-state index in [1.165, 1.54) is 49.1 Å². The van der Waals surface area contributed by atoms with Gasteiger partial charge < -0.3 is 14.2 Å². The summed E-state index contributed by atoms with van der Waals surface area (Å²) in [6.45, 7) is 4.10. The quantitative estimate of drug-likeness (QED) is 0.272. The Labute approximate surface area is 192 Å². The zero-order chi connectivity index (χ0) is 21.8. The third-order valence-electron chi connectivity index (χ3n) is 7.14. The zero-order valence-corrected chi connectivity index (χ0v) is 18.4. The first-order valence-corrected chi connectivity index (χ1v) is 11.7. The fourth-order valence-electron chi connectivity index (χ4n) is 5.52. The number of fused-ring (bicyclic) bond motifs is 8. The van der Waals surface area contributed by atoms with Crippen LogP contribution < -0.4 is 9.80 Å². The van der Waals surface area contributed by atoms with Gasteiger partial charge in [0, 0.05) is 48.3 Å². The van der Waals surface area contributed by atoms with E-state index < -0.39 is 0 Å². The Hall–Kier alpha value is -3.98. The lowest BCUT2D eigenvalue weighted by molar-refractivity contribution is 0.607. The van der Waals surface area contributed by atoms with Crippen LogP contribution >= 0.6 is 0 Å². The average molecular weight is 429 g/mol. The molecule has 3 heteroatoms. The van der Waals surface area contributed by atoms with Crippen LogP contribution in [0.2, 0.25) is 0 Å². The Morgan fingerprint density at radius 3 is 2.03 bits per heavy atom. The molecule has 2 heterocycles. The Morgan fingerprint density at radius 1 is 0.515 bits per heavy atom. The van der Waals surface area contributed by atoms with Gasteiger partial charge in [-0.15, -0.1) is 0 Å². The van der Waals surface area contributed by atoms with Gasteiger partial charge >= 0.3 is 0 Å². The van der Waals surface area contributed by atoms with Gasteiger partial charge in [-0.25, -0.2) is 0 Å². The molecule has 0 atom stereocenters. The molecule has 3 nitrogen and oxygen atoms in total. The number of hydrogen-bond donors (Lipinski definition) is 0. The number of para-hydroxylation sites is 1. The molecule has 6 aromatic rings. The van der Waals surface area contributed by atoms with Gasteiger partial charge in [0.1, 0.15) is 5.58 Å². The summed E-state index contributed by atoms with van der Waals surface area (Å²) in [5.41, 5.74) is 3.57. The first-order valence-electron chi connectivity index (χ1n) is 11.7. The number of benzene rings is 4. The largest absolute Gasteiger partial charge is 0.464 e. The number of rotatable bonds is 2. The molecule has 1 aliphatic heterocycles. The minimum atomic E-state index is 0.968. The smallest absolute Gasteiger partial charge is 0.142 e. The van der Waals surface area contributed by atoms with Gasteiger partial charge in [0.05, 0.1) is 6.26 Å². The second-order valence-corrected chi connectivity index (χ2v) is 8.92. The van der Waals surface area contributed by atoms with E-state index in [1.54, 1.807) is 6.26 Å². The van der Waals surface area contributed by atoms with Crippen molar-refractivity contribution >= 4 is 54.7 Å². The summed E-state index contributed by atoms with van der Waals surface area (Å²) in [6.07, 6.45) is 1.78. The molecule has 0 aliphatic carbocycles. The molecular weight excluding hydrogens is 404 g/mol. The van der Waals surface area contributed by atoms with E-state index >= 15 is 0 Å². The molecule has 5 aromatic carbocycles. The number of piperazine rings is 1. The van der Waals surface area contributed by atoms with Crippen LogP contribution in [0.1, 0.15) is 0 Å². The molecule has 0 amide bonds. The maximum absolute atomic E-state index is 6.06. The second kappa shape index (κ2) is 7.28. The van der Waals surface area contributed by atoms with Crippen molar-refractivity contribution in [1.82, 2.24) is 0 Å². The van der Waals surface area contributed by atoms with Gasteiger partial charge in [0.25, 0.3) is 0 Å². The van der Waals surface area contributed by atoms with Crippen LogP contribution in [0.3, 0.4) is 0 Å². The van der Waals surface area contributed by atoms with Crippen molar-refractivity contribution in [2.45, 2.75) is 0 Å². The van der Waals surface area contributed by atoms with Crippen molar-refractivity contribution in [3.05, 3.63) is 97.3 Å². The van der Waals surface area contributed by atoms with Crippen LogP contribution in [0.5, 0.6) is 0 Å². The van der Waals surface area contributed by atoms with E-state index in [1.807, 2.05) is 6.07 Å². The summed E-state index contributed by atoms with van der Waals surface area (Å²) in [7, 11) is 0. The van der Waals surface area contributed by atoms with Crippen LogP contribution in [0.15, 0.2) is 102 Å². The molecule has 1 aliphatic rings. The van der Waals surface area contributed by atoms with Crippen molar-refractivity contribution in [3.63, 3.8) is 0 Å². The Bertz CT molecular complexity index is 1630. The molecule has 0 N–H and O–H groups in total. The van der Waals surface area contributed by atoms with Gasteiger partial charge in [-0.05, 0) is 75.5 Å². The van der Waals surface area contributed by atoms with Crippen LogP contribution in [0, 0.1) is 0 Å². The minimum absolute atomic E-state index is 0.968. The highest BCUT2D eigenvalue weighted by atomic mass is 16.3. The lowest BCUT2D eigenvalue weighted by Crippen LogP contribution is -2.46. The number of hydrogen-bond acceptors (Lipinski definition) is 3. The number of nitrogens with zero attached hydrogens (tertiary/aromatic N) is 2. The summed E-state index contributed by atoms with van der Waals surface area (Å²) < 4.78 is 6.06. The maximum Gasteiger partial charge on any atom is 0.142 e. The van der Waals surface area contributed by atoms with Crippen LogP contribution in [-0.4, -0.2) is 26.2 Å². The average Bonchev–Trinajstić information content (AvgIpc) is 3.29. The molecule has 0 unspecified atom stereocenters. The third-order valence-corrected chi connectivity index (χ3v) is 7.14. The van der Waals surface area contributed by atoms with Crippen molar-refractivity contribution in [1.29, 1.82) is 0 Å². The van der Waals surface area contributed by atoms with Crippen LogP contribution in [-0.2, 0) is 0 Å². The monoisotopic (exact) mass is 428 g/mol. The summed E-state index contributed by atoms with van der Waals surface area (Å²) in [5.74, 6) is 0. The predicted octanol–water partition coefficient (Wildman–Crippen LogP) is 7.22. The maximum atomic E-state index is 6.06. The molecule has 0 saturated carbocycles. The fraction of sp³-hybridized carbons (Fsp3) is 0.133. The highest BCUT2D eigenvalue weighted by Gasteiger charge is 2.20. The van der Waals surface area contributed by atoms with E-state index in [4.69, 9.17) is 4.42 Å². The lowest BCUT2D eigenvalue weighted by atomic mass is 9.99. The summed E-state index contributed by atoms with van der Waals surface area (Å²) in [4.78, 5) is 5.00. The van der Waals surface area contributed by atoms with E-state index in [2.05, 4.69) is 94.7 Å². The molecule has 1 fully saturated rings. The SMILES string of the molecule is c1ccc(N2CCN(c3ccc4c(c3)c3c5ccccc5cc3c3cccoc43)CC2)cc1. The normalized spacial score (nSPS) is 14.7. The summed E-state index contributed by atoms with van der Waals surface area (Å²) >= 11 is 0. The molecule has 1 aromatic heterocycles. The molecule has 0 radical (unpaired) electrons. The van der Waals surface area contributed by atoms with Gasteiger partial charge in [0.15, 0.2) is 0 Å². The van der Waals surface area contributed by atoms with E-state index in [-0.39, 0.29) is 0 Å². The second-order valence-electron chi connectivity index (χ2n) is 8.92. The first kappa shape index (κ1) is 18.6. The van der Waals surface area contributed by atoms with Gasteiger partial charge in [-0.1, -0.05) is 42.5 Å². The molecule has 160 valence electrons. The third kappa shape index (κ3) is 2.89.